The Morgan fingerprint density at radius 3 is 1.83 bits per heavy atom. The van der Waals surface area contributed by atoms with Crippen molar-refractivity contribution in [2.24, 2.45) is 0 Å². The first kappa shape index (κ1) is 20.5. The van der Waals surface area contributed by atoms with E-state index in [-0.39, 0.29) is 6.09 Å². The molecule has 0 saturated heterocycles. The maximum atomic E-state index is 11.6. The molecular weight excluding hydrogens is 298 g/mol. The second-order valence-electron chi connectivity index (χ2n) is 6.52. The molecule has 0 saturated carbocycles. The van der Waals surface area contributed by atoms with Crippen LogP contribution in [0.5, 0.6) is 5.75 Å². The van der Waals surface area contributed by atoms with Gasteiger partial charge in [-0.2, -0.15) is 0 Å². The Bertz CT molecular complexity index is 406. The predicted molar refractivity (Wildman–Crippen MR) is 102 cm³/mol. The minimum absolute atomic E-state index is 0.357. The molecule has 1 aromatic rings. The number of hydrogen-bond donors (Lipinski definition) is 1. The highest BCUT2D eigenvalue weighted by atomic mass is 16.5. The van der Waals surface area contributed by atoms with Crippen molar-refractivity contribution in [1.29, 1.82) is 0 Å². The summed E-state index contributed by atoms with van der Waals surface area (Å²) in [4.78, 5) is 11.6. The number of nitrogens with one attached hydrogen (secondary N) is 1. The lowest BCUT2D eigenvalue weighted by molar-refractivity contribution is 0.200. The fourth-order valence-corrected chi connectivity index (χ4v) is 2.79. The summed E-state index contributed by atoms with van der Waals surface area (Å²) >= 11 is 0. The van der Waals surface area contributed by atoms with Crippen LogP contribution in [0.25, 0.3) is 0 Å². The van der Waals surface area contributed by atoms with Gasteiger partial charge in [0.15, 0.2) is 0 Å². The van der Waals surface area contributed by atoms with Gasteiger partial charge in [0, 0.05) is 6.54 Å². The number of benzene rings is 1. The molecule has 0 heterocycles. The van der Waals surface area contributed by atoms with Crippen LogP contribution in [0, 0.1) is 0 Å². The van der Waals surface area contributed by atoms with Gasteiger partial charge in [-0.15, -0.1) is 0 Å². The molecular formula is C21H35NO2. The molecule has 1 N–H and O–H groups in total. The van der Waals surface area contributed by atoms with E-state index in [1.54, 1.807) is 12.1 Å². The predicted octanol–water partition coefficient (Wildman–Crippen LogP) is 6.48. The van der Waals surface area contributed by atoms with Crippen LogP contribution in [0.15, 0.2) is 30.3 Å². The van der Waals surface area contributed by atoms with E-state index in [1.807, 2.05) is 18.2 Å². The molecule has 3 nitrogen and oxygen atoms in total. The first-order chi connectivity index (χ1) is 11.8. The van der Waals surface area contributed by atoms with Crippen molar-refractivity contribution in [3.05, 3.63) is 30.3 Å². The largest absolute Gasteiger partial charge is 0.412 e. The Kier molecular flexibility index (Phi) is 12.9. The SMILES string of the molecule is CCCCCCCCCCCCCCNC(=O)Oc1ccccc1. The van der Waals surface area contributed by atoms with E-state index in [4.69, 9.17) is 4.74 Å². The third-order valence-electron chi connectivity index (χ3n) is 4.25. The quantitative estimate of drug-likeness (QED) is 0.396. The number of para-hydroxylation sites is 1. The van der Waals surface area contributed by atoms with Crippen molar-refractivity contribution in [2.45, 2.75) is 84.0 Å². The van der Waals surface area contributed by atoms with Gasteiger partial charge in [0.2, 0.25) is 0 Å². The van der Waals surface area contributed by atoms with E-state index in [0.717, 1.165) is 6.42 Å². The second kappa shape index (κ2) is 15.0. The first-order valence-corrected chi connectivity index (χ1v) is 9.83. The molecule has 0 fully saturated rings. The molecule has 0 aliphatic heterocycles. The van der Waals surface area contributed by atoms with E-state index in [1.165, 1.54) is 70.6 Å². The molecule has 0 radical (unpaired) electrons. The van der Waals surface area contributed by atoms with Crippen molar-refractivity contribution in [2.75, 3.05) is 6.54 Å². The minimum Gasteiger partial charge on any atom is -0.410 e. The Labute approximate surface area is 148 Å². The summed E-state index contributed by atoms with van der Waals surface area (Å²) in [6, 6.07) is 9.17. The monoisotopic (exact) mass is 333 g/mol. The zero-order valence-electron chi connectivity index (χ0n) is 15.4. The third kappa shape index (κ3) is 12.0. The fourth-order valence-electron chi connectivity index (χ4n) is 2.79. The van der Waals surface area contributed by atoms with Gasteiger partial charge in [-0.3, -0.25) is 0 Å². The van der Waals surface area contributed by atoms with Crippen molar-refractivity contribution < 1.29 is 9.53 Å². The maximum Gasteiger partial charge on any atom is 0.412 e. The van der Waals surface area contributed by atoms with E-state index >= 15 is 0 Å². The van der Waals surface area contributed by atoms with Gasteiger partial charge in [0.25, 0.3) is 0 Å². The molecule has 0 bridgehead atoms. The van der Waals surface area contributed by atoms with Crippen LogP contribution < -0.4 is 10.1 Å². The zero-order chi connectivity index (χ0) is 17.3. The Morgan fingerprint density at radius 2 is 1.29 bits per heavy atom. The van der Waals surface area contributed by atoms with Gasteiger partial charge in [0.1, 0.15) is 5.75 Å². The summed E-state index contributed by atoms with van der Waals surface area (Å²) < 4.78 is 5.17. The van der Waals surface area contributed by atoms with Gasteiger partial charge < -0.3 is 10.1 Å². The average Bonchev–Trinajstić information content (AvgIpc) is 2.60. The van der Waals surface area contributed by atoms with Crippen molar-refractivity contribution in [1.82, 2.24) is 5.32 Å². The number of ether oxygens (including phenoxy) is 1. The van der Waals surface area contributed by atoms with Crippen LogP contribution in [-0.2, 0) is 0 Å². The van der Waals surface area contributed by atoms with Crippen molar-refractivity contribution in [3.8, 4) is 5.75 Å². The standard InChI is InChI=1S/C21H35NO2/c1-2-3-4-5-6-7-8-9-10-11-12-16-19-22-21(23)24-20-17-14-13-15-18-20/h13-15,17-18H,2-12,16,19H2,1H3,(H,22,23). The molecule has 24 heavy (non-hydrogen) atoms. The number of carbonyl (C=O) groups is 1. The molecule has 136 valence electrons. The van der Waals surface area contributed by atoms with Crippen LogP contribution in [0.2, 0.25) is 0 Å². The van der Waals surface area contributed by atoms with E-state index < -0.39 is 0 Å². The number of amides is 1. The Morgan fingerprint density at radius 1 is 0.792 bits per heavy atom. The smallest absolute Gasteiger partial charge is 0.410 e. The molecule has 3 heteroatoms. The molecule has 0 aliphatic carbocycles. The summed E-state index contributed by atoms with van der Waals surface area (Å²) in [7, 11) is 0. The highest BCUT2D eigenvalue weighted by Gasteiger charge is 2.02. The van der Waals surface area contributed by atoms with Gasteiger partial charge in [-0.1, -0.05) is 95.8 Å². The number of unbranched alkanes of at least 4 members (excludes halogenated alkanes) is 11. The summed E-state index contributed by atoms with van der Waals surface area (Å²) in [6.07, 6.45) is 15.6. The molecule has 1 aromatic carbocycles. The van der Waals surface area contributed by atoms with Crippen molar-refractivity contribution >= 4 is 6.09 Å². The second-order valence-corrected chi connectivity index (χ2v) is 6.52. The van der Waals surface area contributed by atoms with Crippen LogP contribution in [-0.4, -0.2) is 12.6 Å². The summed E-state index contributed by atoms with van der Waals surface area (Å²) in [6.45, 7) is 2.96. The van der Waals surface area contributed by atoms with E-state index in [0.29, 0.717) is 12.3 Å². The molecule has 0 aromatic heterocycles. The fraction of sp³-hybridized carbons (Fsp3) is 0.667. The van der Waals surface area contributed by atoms with Gasteiger partial charge >= 0.3 is 6.09 Å². The Hall–Kier alpha value is -1.51. The molecule has 0 spiro atoms. The minimum atomic E-state index is -0.357. The lowest BCUT2D eigenvalue weighted by Gasteiger charge is -2.06. The number of rotatable bonds is 14. The lowest BCUT2D eigenvalue weighted by Crippen LogP contribution is -2.27. The van der Waals surface area contributed by atoms with E-state index in [9.17, 15) is 4.79 Å². The van der Waals surface area contributed by atoms with Crippen LogP contribution >= 0.6 is 0 Å². The van der Waals surface area contributed by atoms with Gasteiger partial charge in [-0.05, 0) is 18.6 Å². The number of hydrogen-bond acceptors (Lipinski definition) is 2. The summed E-state index contributed by atoms with van der Waals surface area (Å²) in [5.41, 5.74) is 0. The Balaban J connectivity index is 1.81. The lowest BCUT2D eigenvalue weighted by atomic mass is 10.1. The number of carbonyl (C=O) groups excluding carboxylic acids is 1. The highest BCUT2D eigenvalue weighted by Crippen LogP contribution is 2.12. The van der Waals surface area contributed by atoms with Crippen LogP contribution in [0.4, 0.5) is 4.79 Å². The molecule has 1 rings (SSSR count). The maximum absolute atomic E-state index is 11.6. The summed E-state index contributed by atoms with van der Waals surface area (Å²) in [5.74, 6) is 0.588. The molecule has 1 amide bonds. The van der Waals surface area contributed by atoms with Gasteiger partial charge in [-0.25, -0.2) is 4.79 Å². The first-order valence-electron chi connectivity index (χ1n) is 9.83. The third-order valence-corrected chi connectivity index (χ3v) is 4.25. The zero-order valence-corrected chi connectivity index (χ0v) is 15.4. The van der Waals surface area contributed by atoms with Crippen molar-refractivity contribution in [3.63, 3.8) is 0 Å². The normalized spacial score (nSPS) is 10.5. The molecule has 0 unspecified atom stereocenters. The van der Waals surface area contributed by atoms with E-state index in [2.05, 4.69) is 12.2 Å². The summed E-state index contributed by atoms with van der Waals surface area (Å²) in [5, 5.41) is 2.81. The van der Waals surface area contributed by atoms with Crippen LogP contribution in [0.1, 0.15) is 84.0 Å². The van der Waals surface area contributed by atoms with Crippen LogP contribution in [0.3, 0.4) is 0 Å². The topological polar surface area (TPSA) is 38.3 Å². The van der Waals surface area contributed by atoms with Gasteiger partial charge in [0.05, 0.1) is 0 Å². The average molecular weight is 334 g/mol. The highest BCUT2D eigenvalue weighted by molar-refractivity contribution is 5.70. The molecule has 0 aliphatic rings. The molecule has 0 atom stereocenters.